The molecule has 0 aliphatic heterocycles. The van der Waals surface area contributed by atoms with Gasteiger partial charge in [-0.3, -0.25) is 0 Å². The van der Waals surface area contributed by atoms with Gasteiger partial charge >= 0.3 is 0 Å². The number of rotatable bonds is 8. The van der Waals surface area contributed by atoms with Crippen LogP contribution in [0.2, 0.25) is 0 Å². The molecule has 6 nitrogen and oxygen atoms in total. The molecule has 3 aromatic heterocycles. The average molecular weight is 845 g/mol. The first-order valence-corrected chi connectivity index (χ1v) is 22.3. The van der Waals surface area contributed by atoms with Crippen molar-refractivity contribution in [3.8, 4) is 33.9 Å². The zero-order valence-electron chi connectivity index (χ0n) is 35.8. The molecule has 0 N–H and O–H groups in total. The van der Waals surface area contributed by atoms with Crippen molar-refractivity contribution in [1.82, 2.24) is 24.1 Å². The lowest BCUT2D eigenvalue weighted by molar-refractivity contribution is 0.768. The Morgan fingerprint density at radius 2 is 0.985 bits per heavy atom. The molecule has 310 valence electrons. The van der Waals surface area contributed by atoms with Gasteiger partial charge < -0.3 is 14.0 Å². The first kappa shape index (κ1) is 37.7. The summed E-state index contributed by atoms with van der Waals surface area (Å²) < 4.78 is 4.72. The normalized spacial score (nSPS) is 12.7. The van der Waals surface area contributed by atoms with E-state index in [1.54, 1.807) is 12.7 Å². The summed E-state index contributed by atoms with van der Waals surface area (Å²) in [5, 5.41) is 3.56. The Kier molecular flexibility index (Phi) is 8.64. The third-order valence-electron chi connectivity index (χ3n) is 13.5. The van der Waals surface area contributed by atoms with E-state index < -0.39 is 5.41 Å². The Morgan fingerprint density at radius 3 is 1.70 bits per heavy atom. The Hall–Kier alpha value is -8.87. The molecule has 1 aliphatic carbocycles. The smallest absolute Gasteiger partial charge is 0.162 e. The van der Waals surface area contributed by atoms with Gasteiger partial charge in [-0.2, -0.15) is 0 Å². The number of hydrogen-bond donors (Lipinski definition) is 0. The van der Waals surface area contributed by atoms with Gasteiger partial charge in [0.25, 0.3) is 0 Å². The van der Waals surface area contributed by atoms with Gasteiger partial charge in [0.2, 0.25) is 0 Å². The number of nitrogens with zero attached hydrogens (tertiary/aromatic N) is 6. The van der Waals surface area contributed by atoms with E-state index in [9.17, 15) is 0 Å². The van der Waals surface area contributed by atoms with E-state index in [-0.39, 0.29) is 0 Å². The molecule has 0 amide bonds. The molecule has 0 atom stereocenters. The molecule has 0 saturated carbocycles. The summed E-state index contributed by atoms with van der Waals surface area (Å²) in [4.78, 5) is 15.4. The summed E-state index contributed by atoms with van der Waals surface area (Å²) in [5.41, 5.74) is 16.7. The quantitative estimate of drug-likeness (QED) is 0.153. The second-order valence-corrected chi connectivity index (χ2v) is 16.9. The van der Waals surface area contributed by atoms with Gasteiger partial charge in [-0.1, -0.05) is 133 Å². The van der Waals surface area contributed by atoms with Crippen molar-refractivity contribution >= 4 is 49.8 Å². The van der Waals surface area contributed by atoms with Gasteiger partial charge in [0.1, 0.15) is 12.7 Å². The number of fused-ring (bicyclic) bond motifs is 8. The molecular formula is C60H40N6. The maximum absolute atomic E-state index is 4.46. The van der Waals surface area contributed by atoms with Crippen LogP contribution >= 0.6 is 0 Å². The number of hydrogen-bond acceptors (Lipinski definition) is 4. The second kappa shape index (κ2) is 15.1. The zero-order valence-corrected chi connectivity index (χ0v) is 35.8. The predicted molar refractivity (Wildman–Crippen MR) is 268 cm³/mol. The highest BCUT2D eigenvalue weighted by molar-refractivity contribution is 6.19. The van der Waals surface area contributed by atoms with Crippen molar-refractivity contribution in [2.75, 3.05) is 4.90 Å². The molecule has 0 fully saturated rings. The minimum atomic E-state index is -0.548. The molecular weight excluding hydrogens is 805 g/mol. The van der Waals surface area contributed by atoms with Crippen LogP contribution in [-0.2, 0) is 5.41 Å². The molecule has 0 bridgehead atoms. The van der Waals surface area contributed by atoms with E-state index in [4.69, 9.17) is 0 Å². The summed E-state index contributed by atoms with van der Waals surface area (Å²) in [6, 6.07) is 81.6. The number of benzene rings is 9. The van der Waals surface area contributed by atoms with Crippen LogP contribution in [0, 0.1) is 0 Å². The van der Waals surface area contributed by atoms with Crippen LogP contribution in [0.1, 0.15) is 22.3 Å². The highest BCUT2D eigenvalue weighted by atomic mass is 15.1. The van der Waals surface area contributed by atoms with Crippen LogP contribution in [-0.4, -0.2) is 24.1 Å². The predicted octanol–water partition coefficient (Wildman–Crippen LogP) is 14.4. The standard InChI is InChI=1S/C60H40N6/c1-5-15-42(16-6-1)60(43-17-7-2-8-18-43)54-24-14-13-23-49(54)50-31-29-48(38-55(50)60)65(46-27-25-41(26-28-46)59-62-39-61-40-63-59)47-30-33-57-53(37-47)51-32-34-56-52(35-36-64(56)44-19-9-3-10-20-44)58(51)66(57)45-21-11-4-12-22-45/h1-40H. The third kappa shape index (κ3) is 5.71. The fourth-order valence-corrected chi connectivity index (χ4v) is 10.7. The van der Waals surface area contributed by atoms with Gasteiger partial charge in [0, 0.05) is 56.4 Å². The van der Waals surface area contributed by atoms with Gasteiger partial charge in [-0.15, -0.1) is 0 Å². The van der Waals surface area contributed by atoms with E-state index in [0.717, 1.165) is 45.0 Å². The van der Waals surface area contributed by atoms with E-state index in [0.29, 0.717) is 5.82 Å². The summed E-state index contributed by atoms with van der Waals surface area (Å²) in [6.07, 6.45) is 5.28. The van der Waals surface area contributed by atoms with Crippen LogP contribution in [0.3, 0.4) is 0 Å². The first-order valence-electron chi connectivity index (χ1n) is 22.3. The fourth-order valence-electron chi connectivity index (χ4n) is 10.7. The maximum Gasteiger partial charge on any atom is 0.162 e. The molecule has 12 aromatic rings. The Balaban J connectivity index is 1.06. The Labute approximate surface area is 382 Å². The molecule has 0 unspecified atom stereocenters. The maximum atomic E-state index is 4.46. The number of para-hydroxylation sites is 2. The van der Waals surface area contributed by atoms with Crippen molar-refractivity contribution < 1.29 is 0 Å². The lowest BCUT2D eigenvalue weighted by Crippen LogP contribution is -2.28. The average Bonchev–Trinajstić information content (AvgIpc) is 4.07. The lowest BCUT2D eigenvalue weighted by atomic mass is 9.67. The van der Waals surface area contributed by atoms with E-state index in [1.165, 1.54) is 55.1 Å². The minimum absolute atomic E-state index is 0.548. The van der Waals surface area contributed by atoms with Gasteiger partial charge in [-0.05, 0) is 124 Å². The minimum Gasteiger partial charge on any atom is -0.316 e. The molecule has 3 heterocycles. The van der Waals surface area contributed by atoms with Crippen molar-refractivity contribution in [3.05, 3.63) is 266 Å². The van der Waals surface area contributed by atoms with Crippen molar-refractivity contribution in [1.29, 1.82) is 0 Å². The second-order valence-electron chi connectivity index (χ2n) is 16.9. The fraction of sp³-hybridized carbons (Fsp3) is 0.0167. The molecule has 13 rings (SSSR count). The monoisotopic (exact) mass is 844 g/mol. The molecule has 0 radical (unpaired) electrons. The zero-order chi connectivity index (χ0) is 43.6. The largest absolute Gasteiger partial charge is 0.316 e. The van der Waals surface area contributed by atoms with Crippen LogP contribution in [0.15, 0.2) is 243 Å². The third-order valence-corrected chi connectivity index (χ3v) is 13.5. The van der Waals surface area contributed by atoms with Crippen molar-refractivity contribution in [3.63, 3.8) is 0 Å². The van der Waals surface area contributed by atoms with E-state index in [2.05, 4.69) is 260 Å². The van der Waals surface area contributed by atoms with Crippen molar-refractivity contribution in [2.45, 2.75) is 5.41 Å². The van der Waals surface area contributed by atoms with E-state index >= 15 is 0 Å². The van der Waals surface area contributed by atoms with Gasteiger partial charge in [0.05, 0.1) is 22.0 Å². The molecule has 66 heavy (non-hydrogen) atoms. The highest BCUT2D eigenvalue weighted by Crippen LogP contribution is 2.57. The van der Waals surface area contributed by atoms with Crippen LogP contribution in [0.25, 0.3) is 66.6 Å². The number of anilines is 3. The summed E-state index contributed by atoms with van der Waals surface area (Å²) >= 11 is 0. The summed E-state index contributed by atoms with van der Waals surface area (Å²) in [6.45, 7) is 0. The summed E-state index contributed by atoms with van der Waals surface area (Å²) in [7, 11) is 0. The van der Waals surface area contributed by atoms with Crippen LogP contribution < -0.4 is 4.90 Å². The Bertz CT molecular complexity index is 3690. The number of aromatic nitrogens is 5. The molecule has 1 aliphatic rings. The van der Waals surface area contributed by atoms with E-state index in [1.807, 2.05) is 0 Å². The van der Waals surface area contributed by atoms with Gasteiger partial charge in [0.15, 0.2) is 5.82 Å². The van der Waals surface area contributed by atoms with Crippen LogP contribution in [0.5, 0.6) is 0 Å². The molecule has 6 heteroatoms. The molecule has 0 spiro atoms. The lowest BCUT2D eigenvalue weighted by Gasteiger charge is -2.35. The van der Waals surface area contributed by atoms with Gasteiger partial charge in [-0.25, -0.2) is 15.0 Å². The summed E-state index contributed by atoms with van der Waals surface area (Å²) in [5.74, 6) is 0.636. The molecule has 0 saturated heterocycles. The topological polar surface area (TPSA) is 51.8 Å². The van der Waals surface area contributed by atoms with Crippen LogP contribution in [0.4, 0.5) is 17.1 Å². The Morgan fingerprint density at radius 1 is 0.409 bits per heavy atom. The first-order chi connectivity index (χ1) is 32.8. The SMILES string of the molecule is c1ccc(-n2ccc3c2ccc2c4cc(N(c5ccc(-c6ncncn6)cc5)c5ccc6c(c5)C(c5ccccc5)(c5ccccc5)c5ccccc5-6)ccc4n(-c4ccccc4)c23)cc1. The molecule has 9 aromatic carbocycles. The van der Waals surface area contributed by atoms with Crippen molar-refractivity contribution in [2.24, 2.45) is 0 Å². The highest BCUT2D eigenvalue weighted by Gasteiger charge is 2.46.